The van der Waals surface area contributed by atoms with Crippen LogP contribution in [0.15, 0.2) is 18.2 Å². The van der Waals surface area contributed by atoms with Crippen molar-refractivity contribution in [3.8, 4) is 0 Å². The van der Waals surface area contributed by atoms with Crippen LogP contribution in [0.25, 0.3) is 0 Å². The summed E-state index contributed by atoms with van der Waals surface area (Å²) in [5.74, 6) is 2.06. The third kappa shape index (κ3) is 4.55. The normalized spacial score (nSPS) is 21.3. The molecule has 0 spiro atoms. The first-order valence-electron chi connectivity index (χ1n) is 8.98. The van der Waals surface area contributed by atoms with Gasteiger partial charge in [-0.2, -0.15) is 0 Å². The monoisotopic (exact) mass is 361 g/mol. The topological polar surface area (TPSA) is 52.7 Å². The predicted molar refractivity (Wildman–Crippen MR) is 102 cm³/mol. The Morgan fingerprint density at radius 1 is 1.16 bits per heavy atom. The average molecular weight is 362 g/mol. The van der Waals surface area contributed by atoms with Crippen LogP contribution >= 0.6 is 11.8 Å². The Morgan fingerprint density at radius 3 is 2.68 bits per heavy atom. The molecule has 25 heavy (non-hydrogen) atoms. The number of hydrogen-bond donors (Lipinski definition) is 1. The molecule has 2 fully saturated rings. The first-order chi connectivity index (χ1) is 12.0. The van der Waals surface area contributed by atoms with Gasteiger partial charge in [0, 0.05) is 37.8 Å². The SMILES string of the molecule is Cc1ccc(C)c(CC(=O)N2CCCN(C(=O)C3CSCN3)CC2)c1. The van der Waals surface area contributed by atoms with Gasteiger partial charge in [0.25, 0.3) is 0 Å². The molecular weight excluding hydrogens is 334 g/mol. The van der Waals surface area contributed by atoms with E-state index in [4.69, 9.17) is 0 Å². The first kappa shape index (κ1) is 18.3. The molecule has 0 radical (unpaired) electrons. The van der Waals surface area contributed by atoms with Gasteiger partial charge < -0.3 is 9.80 Å². The lowest BCUT2D eigenvalue weighted by molar-refractivity contribution is -0.134. The van der Waals surface area contributed by atoms with Crippen molar-refractivity contribution >= 4 is 23.6 Å². The van der Waals surface area contributed by atoms with Crippen LogP contribution in [0.4, 0.5) is 0 Å². The predicted octanol–water partition coefficient (Wildman–Crippen LogP) is 1.57. The second kappa shape index (κ2) is 8.23. The Balaban J connectivity index is 1.57. The van der Waals surface area contributed by atoms with Crippen LogP contribution in [0.5, 0.6) is 0 Å². The molecule has 2 amide bonds. The molecule has 6 heteroatoms. The zero-order valence-electron chi connectivity index (χ0n) is 15.1. The standard InChI is InChI=1S/C19H27N3O2S/c1-14-4-5-15(2)16(10-14)11-18(23)21-6-3-7-22(9-8-21)19(24)17-12-25-13-20-17/h4-5,10,17,20H,3,6-9,11-13H2,1-2H3. The van der Waals surface area contributed by atoms with Crippen LogP contribution in [0.1, 0.15) is 23.1 Å². The van der Waals surface area contributed by atoms with Crippen molar-refractivity contribution in [1.29, 1.82) is 0 Å². The van der Waals surface area contributed by atoms with Crippen LogP contribution < -0.4 is 5.32 Å². The fraction of sp³-hybridized carbons (Fsp3) is 0.579. The maximum atomic E-state index is 12.7. The molecular formula is C19H27N3O2S. The quantitative estimate of drug-likeness (QED) is 0.888. The smallest absolute Gasteiger partial charge is 0.240 e. The number of benzene rings is 1. The lowest BCUT2D eigenvalue weighted by Crippen LogP contribution is -2.46. The highest BCUT2D eigenvalue weighted by atomic mass is 32.2. The van der Waals surface area contributed by atoms with Crippen molar-refractivity contribution in [3.63, 3.8) is 0 Å². The molecule has 2 saturated heterocycles. The fourth-order valence-corrected chi connectivity index (χ4v) is 4.36. The summed E-state index contributed by atoms with van der Waals surface area (Å²) in [6.07, 6.45) is 1.30. The minimum Gasteiger partial charge on any atom is -0.341 e. The van der Waals surface area contributed by atoms with Gasteiger partial charge in [-0.3, -0.25) is 14.9 Å². The molecule has 0 aliphatic carbocycles. The van der Waals surface area contributed by atoms with E-state index in [2.05, 4.69) is 37.4 Å². The van der Waals surface area contributed by atoms with E-state index < -0.39 is 0 Å². The molecule has 2 heterocycles. The average Bonchev–Trinajstić information content (AvgIpc) is 3.02. The summed E-state index contributed by atoms with van der Waals surface area (Å²) < 4.78 is 0. The minimum absolute atomic E-state index is 0.0535. The van der Waals surface area contributed by atoms with Gasteiger partial charge in [-0.05, 0) is 31.4 Å². The molecule has 2 aliphatic heterocycles. The van der Waals surface area contributed by atoms with Gasteiger partial charge in [0.05, 0.1) is 12.5 Å². The Hall–Kier alpha value is -1.53. The molecule has 3 rings (SSSR count). The fourth-order valence-electron chi connectivity index (χ4n) is 3.43. The van der Waals surface area contributed by atoms with Crippen molar-refractivity contribution in [2.45, 2.75) is 32.7 Å². The highest BCUT2D eigenvalue weighted by Gasteiger charge is 2.29. The number of carbonyl (C=O) groups excluding carboxylic acids is 2. The summed E-state index contributed by atoms with van der Waals surface area (Å²) in [6.45, 7) is 6.86. The largest absolute Gasteiger partial charge is 0.341 e. The number of rotatable bonds is 3. The lowest BCUT2D eigenvalue weighted by atomic mass is 10.0. The second-order valence-corrected chi connectivity index (χ2v) is 7.97. The number of hydrogen-bond acceptors (Lipinski definition) is 4. The van der Waals surface area contributed by atoms with Crippen molar-refractivity contribution in [2.75, 3.05) is 37.8 Å². The second-order valence-electron chi connectivity index (χ2n) is 6.94. The molecule has 0 aromatic heterocycles. The number of amides is 2. The molecule has 0 saturated carbocycles. The Labute approximate surface area is 154 Å². The highest BCUT2D eigenvalue weighted by Crippen LogP contribution is 2.16. The van der Waals surface area contributed by atoms with E-state index in [0.29, 0.717) is 19.5 Å². The Morgan fingerprint density at radius 2 is 1.92 bits per heavy atom. The summed E-state index contributed by atoms with van der Waals surface area (Å²) in [7, 11) is 0. The number of nitrogens with zero attached hydrogens (tertiary/aromatic N) is 2. The van der Waals surface area contributed by atoms with E-state index >= 15 is 0 Å². The van der Waals surface area contributed by atoms with Crippen molar-refractivity contribution < 1.29 is 9.59 Å². The number of carbonyl (C=O) groups is 2. The number of nitrogens with one attached hydrogen (secondary N) is 1. The van der Waals surface area contributed by atoms with Crippen molar-refractivity contribution in [3.05, 3.63) is 34.9 Å². The zero-order chi connectivity index (χ0) is 17.8. The first-order valence-corrected chi connectivity index (χ1v) is 10.1. The molecule has 2 aliphatic rings. The third-order valence-electron chi connectivity index (χ3n) is 5.02. The maximum absolute atomic E-state index is 12.7. The van der Waals surface area contributed by atoms with Gasteiger partial charge >= 0.3 is 0 Å². The van der Waals surface area contributed by atoms with E-state index in [0.717, 1.165) is 42.3 Å². The van der Waals surface area contributed by atoms with E-state index in [1.54, 1.807) is 11.8 Å². The van der Waals surface area contributed by atoms with Crippen molar-refractivity contribution in [2.24, 2.45) is 0 Å². The molecule has 5 nitrogen and oxygen atoms in total. The molecule has 1 aromatic carbocycles. The van der Waals surface area contributed by atoms with Crippen LogP contribution in [-0.2, 0) is 16.0 Å². The molecule has 0 bridgehead atoms. The van der Waals surface area contributed by atoms with E-state index in [9.17, 15) is 9.59 Å². The van der Waals surface area contributed by atoms with Gasteiger partial charge in [-0.1, -0.05) is 23.8 Å². The molecule has 1 atom stereocenters. The summed E-state index contributed by atoms with van der Waals surface area (Å²) in [5, 5.41) is 3.24. The number of thioether (sulfide) groups is 1. The number of aryl methyl sites for hydroxylation is 2. The van der Waals surface area contributed by atoms with E-state index in [1.165, 1.54) is 5.56 Å². The highest BCUT2D eigenvalue weighted by molar-refractivity contribution is 7.99. The summed E-state index contributed by atoms with van der Waals surface area (Å²) in [4.78, 5) is 29.1. The van der Waals surface area contributed by atoms with E-state index in [1.807, 2.05) is 9.80 Å². The molecule has 1 N–H and O–H groups in total. The van der Waals surface area contributed by atoms with Gasteiger partial charge in [-0.15, -0.1) is 11.8 Å². The molecule has 1 unspecified atom stereocenters. The zero-order valence-corrected chi connectivity index (χ0v) is 15.9. The summed E-state index contributed by atoms with van der Waals surface area (Å²) in [6, 6.07) is 6.20. The van der Waals surface area contributed by atoms with Gasteiger partial charge in [0.1, 0.15) is 0 Å². The van der Waals surface area contributed by atoms with Crippen LogP contribution in [0.3, 0.4) is 0 Å². The van der Waals surface area contributed by atoms with Crippen LogP contribution in [0, 0.1) is 13.8 Å². The van der Waals surface area contributed by atoms with Crippen LogP contribution in [-0.4, -0.2) is 65.5 Å². The Bertz CT molecular complexity index is 644. The molecule has 136 valence electrons. The Kier molecular flexibility index (Phi) is 6.02. The van der Waals surface area contributed by atoms with Gasteiger partial charge in [0.2, 0.25) is 11.8 Å². The molecule has 1 aromatic rings. The van der Waals surface area contributed by atoms with Crippen molar-refractivity contribution in [1.82, 2.24) is 15.1 Å². The summed E-state index contributed by atoms with van der Waals surface area (Å²) in [5.41, 5.74) is 3.45. The van der Waals surface area contributed by atoms with E-state index in [-0.39, 0.29) is 17.9 Å². The lowest BCUT2D eigenvalue weighted by Gasteiger charge is -2.24. The minimum atomic E-state index is -0.0535. The third-order valence-corrected chi connectivity index (χ3v) is 5.96. The van der Waals surface area contributed by atoms with Gasteiger partial charge in [-0.25, -0.2) is 0 Å². The summed E-state index contributed by atoms with van der Waals surface area (Å²) >= 11 is 1.77. The van der Waals surface area contributed by atoms with Crippen LogP contribution in [0.2, 0.25) is 0 Å². The maximum Gasteiger partial charge on any atom is 0.240 e. The van der Waals surface area contributed by atoms with Gasteiger partial charge in [0.15, 0.2) is 0 Å².